The van der Waals surface area contributed by atoms with Gasteiger partial charge in [-0.3, -0.25) is 14.3 Å². The number of hydrogen-bond acceptors (Lipinski definition) is 6. The standard InChI is InChI=1S/C21H18BFN6O2/c1-28-21(15(9-24)10-26-28)16-11-27-29(13-16)20(8-14-2-5-18(23)6-3-14)19-7-4-17(12-25-19)22(30)31/h2-7,10-13,20,30-31H,8H2,1H3. The van der Waals surface area contributed by atoms with Crippen molar-refractivity contribution in [2.75, 3.05) is 0 Å². The molecule has 0 aliphatic carbocycles. The fraction of sp³-hybridized carbons (Fsp3) is 0.143. The monoisotopic (exact) mass is 416 g/mol. The number of aromatic nitrogens is 5. The highest BCUT2D eigenvalue weighted by molar-refractivity contribution is 6.58. The SMILES string of the molecule is Cn1ncc(C#N)c1-c1cnn(C(Cc2ccc(F)cc2)c2ccc(B(O)O)cn2)c1. The van der Waals surface area contributed by atoms with Crippen LogP contribution in [0.2, 0.25) is 0 Å². The van der Waals surface area contributed by atoms with E-state index in [4.69, 9.17) is 0 Å². The summed E-state index contributed by atoms with van der Waals surface area (Å²) in [4.78, 5) is 4.39. The second-order valence-electron chi connectivity index (χ2n) is 7.09. The molecule has 31 heavy (non-hydrogen) atoms. The molecule has 2 N–H and O–H groups in total. The number of aryl methyl sites for hydroxylation is 1. The molecule has 0 saturated heterocycles. The average Bonchev–Trinajstić information content (AvgIpc) is 3.39. The molecule has 4 rings (SSSR count). The molecule has 10 heteroatoms. The maximum absolute atomic E-state index is 13.3. The van der Waals surface area contributed by atoms with E-state index in [1.807, 2.05) is 6.20 Å². The summed E-state index contributed by atoms with van der Waals surface area (Å²) in [5, 5.41) is 36.7. The Balaban J connectivity index is 1.74. The molecule has 0 radical (unpaired) electrons. The van der Waals surface area contributed by atoms with Crippen molar-refractivity contribution in [1.82, 2.24) is 24.5 Å². The van der Waals surface area contributed by atoms with Crippen molar-refractivity contribution in [2.24, 2.45) is 7.05 Å². The van der Waals surface area contributed by atoms with Crippen LogP contribution in [0, 0.1) is 17.1 Å². The Bertz CT molecular complexity index is 1230. The number of rotatable bonds is 6. The van der Waals surface area contributed by atoms with E-state index in [1.54, 1.807) is 46.9 Å². The Morgan fingerprint density at radius 1 is 1.10 bits per heavy atom. The molecule has 4 aromatic rings. The van der Waals surface area contributed by atoms with E-state index >= 15 is 0 Å². The van der Waals surface area contributed by atoms with Crippen LogP contribution >= 0.6 is 0 Å². The molecule has 0 aliphatic heterocycles. The predicted octanol–water partition coefficient (Wildman–Crippen LogP) is 1.20. The van der Waals surface area contributed by atoms with Crippen LogP contribution in [0.1, 0.15) is 22.9 Å². The van der Waals surface area contributed by atoms with Gasteiger partial charge >= 0.3 is 7.12 Å². The number of nitrogens with zero attached hydrogens (tertiary/aromatic N) is 6. The number of pyridine rings is 1. The fourth-order valence-electron chi connectivity index (χ4n) is 3.44. The molecule has 1 aromatic carbocycles. The first-order valence-corrected chi connectivity index (χ1v) is 9.49. The minimum atomic E-state index is -1.61. The molecule has 1 unspecified atom stereocenters. The molecule has 0 amide bonds. The van der Waals surface area contributed by atoms with E-state index in [2.05, 4.69) is 21.3 Å². The van der Waals surface area contributed by atoms with Gasteiger partial charge in [0.05, 0.1) is 35.4 Å². The summed E-state index contributed by atoms with van der Waals surface area (Å²) in [6.45, 7) is 0. The van der Waals surface area contributed by atoms with Gasteiger partial charge < -0.3 is 10.0 Å². The summed E-state index contributed by atoms with van der Waals surface area (Å²) in [6, 6.07) is 11.3. The van der Waals surface area contributed by atoms with Crippen LogP contribution in [-0.4, -0.2) is 41.7 Å². The molecule has 1 atom stereocenters. The lowest BCUT2D eigenvalue weighted by Gasteiger charge is -2.18. The number of halogens is 1. The predicted molar refractivity (Wildman–Crippen MR) is 111 cm³/mol. The molecule has 8 nitrogen and oxygen atoms in total. The lowest BCUT2D eigenvalue weighted by molar-refractivity contribution is 0.425. The van der Waals surface area contributed by atoms with Gasteiger partial charge in [0.15, 0.2) is 0 Å². The highest BCUT2D eigenvalue weighted by Gasteiger charge is 2.21. The third kappa shape index (κ3) is 4.23. The third-order valence-electron chi connectivity index (χ3n) is 5.04. The van der Waals surface area contributed by atoms with Crippen LogP contribution in [0.5, 0.6) is 0 Å². The minimum Gasteiger partial charge on any atom is -0.423 e. The summed E-state index contributed by atoms with van der Waals surface area (Å²) in [6.07, 6.45) is 6.84. The van der Waals surface area contributed by atoms with Gasteiger partial charge in [-0.15, -0.1) is 0 Å². The van der Waals surface area contributed by atoms with Crippen molar-refractivity contribution in [2.45, 2.75) is 12.5 Å². The van der Waals surface area contributed by atoms with E-state index < -0.39 is 7.12 Å². The smallest absolute Gasteiger partial charge is 0.423 e. The normalized spacial score (nSPS) is 11.8. The summed E-state index contributed by atoms with van der Waals surface area (Å²) < 4.78 is 16.7. The van der Waals surface area contributed by atoms with Crippen LogP contribution in [-0.2, 0) is 13.5 Å². The molecule has 3 aromatic heterocycles. The van der Waals surface area contributed by atoms with Crippen molar-refractivity contribution < 1.29 is 14.4 Å². The Kier molecular flexibility index (Phi) is 5.62. The van der Waals surface area contributed by atoms with Gasteiger partial charge in [-0.2, -0.15) is 15.5 Å². The zero-order valence-electron chi connectivity index (χ0n) is 16.6. The third-order valence-corrected chi connectivity index (χ3v) is 5.04. The van der Waals surface area contributed by atoms with Crippen molar-refractivity contribution >= 4 is 12.6 Å². The van der Waals surface area contributed by atoms with Crippen molar-refractivity contribution in [3.8, 4) is 17.3 Å². The summed E-state index contributed by atoms with van der Waals surface area (Å²) in [5.41, 5.74) is 3.63. The van der Waals surface area contributed by atoms with Crippen LogP contribution in [0.3, 0.4) is 0 Å². The second kappa shape index (κ2) is 8.51. The van der Waals surface area contributed by atoms with Crippen LogP contribution in [0.25, 0.3) is 11.3 Å². The zero-order chi connectivity index (χ0) is 22.0. The van der Waals surface area contributed by atoms with Gasteiger partial charge in [-0.1, -0.05) is 18.2 Å². The van der Waals surface area contributed by atoms with Crippen molar-refractivity contribution in [3.05, 3.63) is 83.8 Å². The van der Waals surface area contributed by atoms with Crippen LogP contribution in [0.15, 0.2) is 61.2 Å². The summed E-state index contributed by atoms with van der Waals surface area (Å²) >= 11 is 0. The number of benzene rings is 1. The Morgan fingerprint density at radius 3 is 2.52 bits per heavy atom. The molecule has 0 bridgehead atoms. The molecular formula is C21H18BFN6O2. The average molecular weight is 416 g/mol. The topological polar surface area (TPSA) is 113 Å². The van der Waals surface area contributed by atoms with E-state index in [0.29, 0.717) is 23.4 Å². The molecule has 154 valence electrons. The van der Waals surface area contributed by atoms with Crippen molar-refractivity contribution in [1.29, 1.82) is 5.26 Å². The molecular weight excluding hydrogens is 398 g/mol. The Hall–Kier alpha value is -3.81. The van der Waals surface area contributed by atoms with Crippen molar-refractivity contribution in [3.63, 3.8) is 0 Å². The molecule has 0 aliphatic rings. The highest BCUT2D eigenvalue weighted by atomic mass is 19.1. The van der Waals surface area contributed by atoms with Gasteiger partial charge in [-0.25, -0.2) is 4.39 Å². The first-order valence-electron chi connectivity index (χ1n) is 9.49. The summed E-state index contributed by atoms with van der Waals surface area (Å²) in [7, 11) is 0.145. The summed E-state index contributed by atoms with van der Waals surface area (Å²) in [5.74, 6) is -0.318. The molecule has 0 saturated carbocycles. The number of hydrogen-bond donors (Lipinski definition) is 2. The Morgan fingerprint density at radius 2 is 1.87 bits per heavy atom. The van der Waals surface area contributed by atoms with E-state index in [9.17, 15) is 19.7 Å². The van der Waals surface area contributed by atoms with Gasteiger partial charge in [0.1, 0.15) is 11.9 Å². The van der Waals surface area contributed by atoms with E-state index in [1.165, 1.54) is 24.5 Å². The number of nitriles is 1. The minimum absolute atomic E-state index is 0.277. The van der Waals surface area contributed by atoms with Crippen LogP contribution < -0.4 is 5.46 Å². The van der Waals surface area contributed by atoms with Gasteiger partial charge in [0.2, 0.25) is 0 Å². The zero-order valence-corrected chi connectivity index (χ0v) is 16.6. The molecule has 0 fully saturated rings. The maximum Gasteiger partial charge on any atom is 0.490 e. The largest absolute Gasteiger partial charge is 0.490 e. The highest BCUT2D eigenvalue weighted by Crippen LogP contribution is 2.26. The second-order valence-corrected chi connectivity index (χ2v) is 7.09. The fourth-order valence-corrected chi connectivity index (χ4v) is 3.44. The molecule has 3 heterocycles. The van der Waals surface area contributed by atoms with Gasteiger partial charge in [0.25, 0.3) is 0 Å². The Labute approximate surface area is 178 Å². The van der Waals surface area contributed by atoms with E-state index in [-0.39, 0.29) is 17.3 Å². The molecule has 0 spiro atoms. The van der Waals surface area contributed by atoms with Gasteiger partial charge in [-0.05, 0) is 23.8 Å². The lowest BCUT2D eigenvalue weighted by Crippen LogP contribution is -2.30. The maximum atomic E-state index is 13.3. The van der Waals surface area contributed by atoms with Gasteiger partial charge in [0, 0.05) is 36.9 Å². The quantitative estimate of drug-likeness (QED) is 0.457. The van der Waals surface area contributed by atoms with Crippen LogP contribution in [0.4, 0.5) is 4.39 Å². The lowest BCUT2D eigenvalue weighted by atomic mass is 9.81. The van der Waals surface area contributed by atoms with E-state index in [0.717, 1.165) is 11.1 Å². The first kappa shape index (κ1) is 20.5. The first-order chi connectivity index (χ1) is 15.0.